The molecule has 20 heavy (non-hydrogen) atoms. The summed E-state index contributed by atoms with van der Waals surface area (Å²) in [6.45, 7) is 0. The van der Waals surface area contributed by atoms with E-state index in [0.29, 0.717) is 0 Å². The van der Waals surface area contributed by atoms with Crippen LogP contribution in [0.15, 0.2) is 48.7 Å². The first-order valence-corrected chi connectivity index (χ1v) is 6.59. The summed E-state index contributed by atoms with van der Waals surface area (Å²) < 4.78 is 11.1. The Kier molecular flexibility index (Phi) is 3.33. The van der Waals surface area contributed by atoms with Gasteiger partial charge in [-0.3, -0.25) is 0 Å². The number of nitrogens with one attached hydrogen (secondary N) is 1. The van der Waals surface area contributed by atoms with Crippen molar-refractivity contribution in [3.05, 3.63) is 54.3 Å². The number of methoxy groups -OCH3 is 2. The molecule has 0 aliphatic heterocycles. The minimum Gasteiger partial charge on any atom is -0.496 e. The van der Waals surface area contributed by atoms with Crippen molar-refractivity contribution in [2.24, 2.45) is 0 Å². The topological polar surface area (TPSA) is 34.2 Å². The van der Waals surface area contributed by atoms with Gasteiger partial charge in [0, 0.05) is 23.0 Å². The molecule has 0 atom stereocenters. The second kappa shape index (κ2) is 5.29. The van der Waals surface area contributed by atoms with Gasteiger partial charge in [-0.25, -0.2) is 0 Å². The molecular weight excluding hydrogens is 250 g/mol. The maximum Gasteiger partial charge on any atom is 0.129 e. The van der Waals surface area contributed by atoms with Crippen LogP contribution >= 0.6 is 0 Å². The van der Waals surface area contributed by atoms with E-state index in [-0.39, 0.29) is 0 Å². The van der Waals surface area contributed by atoms with Crippen LogP contribution in [0.2, 0.25) is 0 Å². The average molecular weight is 267 g/mol. The Morgan fingerprint density at radius 3 is 2.40 bits per heavy atom. The zero-order valence-corrected chi connectivity index (χ0v) is 11.6. The lowest BCUT2D eigenvalue weighted by Gasteiger charge is -2.15. The highest BCUT2D eigenvalue weighted by atomic mass is 16.5. The molecule has 1 aromatic carbocycles. The van der Waals surface area contributed by atoms with Gasteiger partial charge in [0.25, 0.3) is 0 Å². The molecule has 1 aliphatic carbocycles. The molecule has 0 saturated heterocycles. The summed E-state index contributed by atoms with van der Waals surface area (Å²) in [5.41, 5.74) is 4.36. The fourth-order valence-corrected chi connectivity index (χ4v) is 2.50. The minimum absolute atomic E-state index is 0.844. The number of ether oxygens (including phenoxy) is 2. The number of hydrogen-bond donors (Lipinski definition) is 1. The van der Waals surface area contributed by atoms with E-state index in [4.69, 9.17) is 9.47 Å². The normalized spacial score (nSPS) is 13.4. The van der Waals surface area contributed by atoms with E-state index in [1.54, 1.807) is 14.2 Å². The van der Waals surface area contributed by atoms with Crippen LogP contribution < -0.4 is 9.47 Å². The van der Waals surface area contributed by atoms with Crippen LogP contribution in [0, 0.1) is 0 Å². The lowest BCUT2D eigenvalue weighted by atomic mass is 9.99. The van der Waals surface area contributed by atoms with Crippen molar-refractivity contribution in [2.45, 2.75) is 6.42 Å². The van der Waals surface area contributed by atoms with Crippen molar-refractivity contribution >= 4 is 5.57 Å². The summed E-state index contributed by atoms with van der Waals surface area (Å²) in [5.74, 6) is 1.71. The summed E-state index contributed by atoms with van der Waals surface area (Å²) in [6.07, 6.45) is 9.16. The van der Waals surface area contributed by atoms with E-state index in [1.807, 2.05) is 30.5 Å². The number of benzene rings is 1. The Morgan fingerprint density at radius 1 is 1.05 bits per heavy atom. The molecule has 102 valence electrons. The molecule has 0 spiro atoms. The standard InChI is InChI=1S/C17H17NO2/c1-19-16-11-14(15-8-5-9-18-15)17(20-2)10-13(16)12-6-3-4-7-12/h3-6,8-11,18H,7H2,1-2H3. The minimum atomic E-state index is 0.844. The van der Waals surface area contributed by atoms with Crippen molar-refractivity contribution in [3.63, 3.8) is 0 Å². The van der Waals surface area contributed by atoms with Crippen molar-refractivity contribution in [1.29, 1.82) is 0 Å². The summed E-state index contributed by atoms with van der Waals surface area (Å²) in [4.78, 5) is 3.21. The number of hydrogen-bond acceptors (Lipinski definition) is 2. The van der Waals surface area contributed by atoms with Crippen molar-refractivity contribution in [3.8, 4) is 22.8 Å². The number of aromatic amines is 1. The van der Waals surface area contributed by atoms with Crippen LogP contribution in [0.1, 0.15) is 12.0 Å². The fraction of sp³-hybridized carbons (Fsp3) is 0.176. The highest BCUT2D eigenvalue weighted by Crippen LogP contribution is 2.40. The Bertz CT molecular complexity index is 667. The Balaban J connectivity index is 2.14. The third-order valence-corrected chi connectivity index (χ3v) is 3.53. The van der Waals surface area contributed by atoms with Gasteiger partial charge in [0.2, 0.25) is 0 Å². The molecule has 1 aromatic heterocycles. The van der Waals surface area contributed by atoms with Crippen LogP contribution in [0.3, 0.4) is 0 Å². The summed E-state index contributed by atoms with van der Waals surface area (Å²) in [6, 6.07) is 8.07. The van der Waals surface area contributed by atoms with Crippen LogP contribution in [0.25, 0.3) is 16.8 Å². The highest BCUT2D eigenvalue weighted by molar-refractivity contribution is 5.80. The smallest absolute Gasteiger partial charge is 0.129 e. The molecule has 0 bridgehead atoms. The van der Waals surface area contributed by atoms with E-state index in [0.717, 1.165) is 34.7 Å². The third kappa shape index (κ3) is 2.11. The fourth-order valence-electron chi connectivity index (χ4n) is 2.50. The highest BCUT2D eigenvalue weighted by Gasteiger charge is 2.16. The molecule has 0 radical (unpaired) electrons. The average Bonchev–Trinajstić information content (AvgIpc) is 3.18. The second-order valence-corrected chi connectivity index (χ2v) is 4.66. The van der Waals surface area contributed by atoms with Crippen molar-refractivity contribution in [1.82, 2.24) is 4.98 Å². The maximum absolute atomic E-state index is 5.56. The van der Waals surface area contributed by atoms with Crippen LogP contribution in [0.5, 0.6) is 11.5 Å². The largest absolute Gasteiger partial charge is 0.496 e. The van der Waals surface area contributed by atoms with Crippen LogP contribution in [0.4, 0.5) is 0 Å². The molecule has 0 fully saturated rings. The molecule has 1 heterocycles. The molecule has 0 saturated carbocycles. The van der Waals surface area contributed by atoms with E-state index < -0.39 is 0 Å². The van der Waals surface area contributed by atoms with Crippen LogP contribution in [-0.4, -0.2) is 19.2 Å². The van der Waals surface area contributed by atoms with Gasteiger partial charge in [0.05, 0.1) is 14.2 Å². The molecular formula is C17H17NO2. The lowest BCUT2D eigenvalue weighted by molar-refractivity contribution is 0.403. The predicted molar refractivity (Wildman–Crippen MR) is 81.1 cm³/mol. The van der Waals surface area contributed by atoms with Crippen molar-refractivity contribution < 1.29 is 9.47 Å². The zero-order valence-electron chi connectivity index (χ0n) is 11.6. The lowest BCUT2D eigenvalue weighted by Crippen LogP contribution is -1.96. The molecule has 0 amide bonds. The van der Waals surface area contributed by atoms with Gasteiger partial charge in [0.15, 0.2) is 0 Å². The molecule has 1 aliphatic rings. The van der Waals surface area contributed by atoms with E-state index in [2.05, 4.69) is 23.2 Å². The van der Waals surface area contributed by atoms with E-state index in [9.17, 15) is 0 Å². The molecule has 2 aromatic rings. The van der Waals surface area contributed by atoms with Gasteiger partial charge in [-0.05, 0) is 36.3 Å². The number of allylic oxidation sites excluding steroid dienone is 4. The monoisotopic (exact) mass is 267 g/mol. The third-order valence-electron chi connectivity index (χ3n) is 3.53. The van der Waals surface area contributed by atoms with E-state index >= 15 is 0 Å². The predicted octanol–water partition coefficient (Wildman–Crippen LogP) is 4.04. The second-order valence-electron chi connectivity index (χ2n) is 4.66. The molecule has 3 heteroatoms. The maximum atomic E-state index is 5.56. The van der Waals surface area contributed by atoms with Crippen LogP contribution in [-0.2, 0) is 0 Å². The first-order valence-electron chi connectivity index (χ1n) is 6.59. The molecule has 1 N–H and O–H groups in total. The Labute approximate surface area is 118 Å². The first kappa shape index (κ1) is 12.6. The Hall–Kier alpha value is -2.42. The van der Waals surface area contributed by atoms with E-state index in [1.165, 1.54) is 5.57 Å². The quantitative estimate of drug-likeness (QED) is 0.907. The Morgan fingerprint density at radius 2 is 1.80 bits per heavy atom. The van der Waals surface area contributed by atoms with Gasteiger partial charge in [-0.15, -0.1) is 0 Å². The zero-order chi connectivity index (χ0) is 13.9. The van der Waals surface area contributed by atoms with Gasteiger partial charge in [-0.2, -0.15) is 0 Å². The SMILES string of the molecule is COc1cc(-c2ccc[nH]2)c(OC)cc1C1=CC=CC1. The number of H-pyrrole nitrogens is 1. The molecule has 3 nitrogen and oxygen atoms in total. The van der Waals surface area contributed by atoms with Gasteiger partial charge < -0.3 is 14.5 Å². The van der Waals surface area contributed by atoms with Gasteiger partial charge in [0.1, 0.15) is 11.5 Å². The summed E-state index contributed by atoms with van der Waals surface area (Å²) >= 11 is 0. The van der Waals surface area contributed by atoms with Gasteiger partial charge >= 0.3 is 0 Å². The van der Waals surface area contributed by atoms with Crippen molar-refractivity contribution in [2.75, 3.05) is 14.2 Å². The van der Waals surface area contributed by atoms with Gasteiger partial charge in [-0.1, -0.05) is 18.2 Å². The molecule has 3 rings (SSSR count). The number of aromatic nitrogens is 1. The summed E-state index contributed by atoms with van der Waals surface area (Å²) in [7, 11) is 3.39. The number of rotatable bonds is 4. The molecule has 0 unspecified atom stereocenters. The first-order chi connectivity index (χ1) is 9.83. The summed E-state index contributed by atoms with van der Waals surface area (Å²) in [5, 5.41) is 0.